The standard InChI is InChI=1S/C29H21F2N5O2S/c1-15(2)36-14-24(38-35-36)34-28(37)27-26(32)25-21(19-11-10-17(30)12-22(19)31)13-23(33-29(25)39-27)20-9-5-7-16-6-3-4-8-18(16)20/h3-15H,1-2H3,(H2-,32,34,35,37). The van der Waals surface area contributed by atoms with Crippen molar-refractivity contribution in [3.8, 4) is 22.4 Å². The first-order valence-electron chi connectivity index (χ1n) is 12.1. The fraction of sp³-hybridized carbons (Fsp3) is 0.103. The molecule has 3 aromatic carbocycles. The van der Waals surface area contributed by atoms with E-state index in [1.165, 1.54) is 23.0 Å². The predicted octanol–water partition coefficient (Wildman–Crippen LogP) is 5.94. The lowest BCUT2D eigenvalue weighted by Crippen LogP contribution is -2.36. The van der Waals surface area contributed by atoms with Crippen molar-refractivity contribution in [1.82, 2.24) is 10.3 Å². The summed E-state index contributed by atoms with van der Waals surface area (Å²) in [6.45, 7) is 3.82. The molecule has 6 aromatic rings. The quantitative estimate of drug-likeness (QED) is 0.165. The third-order valence-electron chi connectivity index (χ3n) is 6.39. The number of halogens is 2. The summed E-state index contributed by atoms with van der Waals surface area (Å²) in [6, 6.07) is 18.8. The van der Waals surface area contributed by atoms with Gasteiger partial charge in [-0.25, -0.2) is 18.8 Å². The van der Waals surface area contributed by atoms with Gasteiger partial charge < -0.3 is 10.8 Å². The van der Waals surface area contributed by atoms with Crippen molar-refractivity contribution in [3.05, 3.63) is 89.4 Å². The molecule has 0 aliphatic carbocycles. The first-order chi connectivity index (χ1) is 18.8. The van der Waals surface area contributed by atoms with Gasteiger partial charge >= 0.3 is 5.88 Å². The predicted molar refractivity (Wildman–Crippen MR) is 146 cm³/mol. The number of hydrogen-bond acceptors (Lipinski definition) is 7. The number of nitrogens with zero attached hydrogens (tertiary/aromatic N) is 4. The Balaban J connectivity index is 1.60. The van der Waals surface area contributed by atoms with E-state index in [0.717, 1.165) is 33.7 Å². The summed E-state index contributed by atoms with van der Waals surface area (Å²) in [5.74, 6) is -2.07. The number of anilines is 1. The van der Waals surface area contributed by atoms with E-state index in [0.29, 0.717) is 21.5 Å². The summed E-state index contributed by atoms with van der Waals surface area (Å²) < 4.78 is 35.6. The normalized spacial score (nSPS) is 12.2. The van der Waals surface area contributed by atoms with Crippen LogP contribution in [0.15, 0.2) is 82.4 Å². The number of rotatable bonds is 5. The van der Waals surface area contributed by atoms with E-state index >= 15 is 4.39 Å². The van der Waals surface area contributed by atoms with Gasteiger partial charge in [-0.3, -0.25) is 4.52 Å². The molecule has 6 rings (SSSR count). The Labute approximate surface area is 225 Å². The van der Waals surface area contributed by atoms with Gasteiger partial charge in [0.2, 0.25) is 5.27 Å². The Morgan fingerprint density at radius 1 is 1.03 bits per heavy atom. The Hall–Kier alpha value is -4.70. The molecule has 0 atom stereocenters. The van der Waals surface area contributed by atoms with Crippen LogP contribution < -0.4 is 15.5 Å². The van der Waals surface area contributed by atoms with Gasteiger partial charge in [-0.15, -0.1) is 11.3 Å². The summed E-state index contributed by atoms with van der Waals surface area (Å²) in [5, 5.41) is 19.4. The molecule has 7 nitrogen and oxygen atoms in total. The van der Waals surface area contributed by atoms with E-state index in [-0.39, 0.29) is 28.1 Å². The van der Waals surface area contributed by atoms with E-state index in [9.17, 15) is 9.50 Å². The molecule has 0 unspecified atom stereocenters. The van der Waals surface area contributed by atoms with Gasteiger partial charge in [0.1, 0.15) is 16.5 Å². The lowest BCUT2D eigenvalue weighted by atomic mass is 9.96. The molecule has 0 bridgehead atoms. The third-order valence-corrected chi connectivity index (χ3v) is 7.48. The maximum absolute atomic E-state index is 15.1. The summed E-state index contributed by atoms with van der Waals surface area (Å²) >= 11 is 1.05. The zero-order valence-corrected chi connectivity index (χ0v) is 21.7. The van der Waals surface area contributed by atoms with Crippen LogP contribution in [-0.4, -0.2) is 16.2 Å². The number of thiophene rings is 1. The number of benzene rings is 3. The third kappa shape index (κ3) is 4.38. The van der Waals surface area contributed by atoms with Crippen LogP contribution in [0.4, 0.5) is 20.4 Å². The first-order valence-corrected chi connectivity index (χ1v) is 12.9. The molecule has 0 radical (unpaired) electrons. The van der Waals surface area contributed by atoms with Crippen molar-refractivity contribution in [3.63, 3.8) is 0 Å². The summed E-state index contributed by atoms with van der Waals surface area (Å²) in [6.07, 6.45) is 1.52. The molecule has 0 amide bonds. The van der Waals surface area contributed by atoms with E-state index in [2.05, 4.69) is 10.3 Å². The zero-order valence-electron chi connectivity index (χ0n) is 20.9. The van der Waals surface area contributed by atoms with Crippen LogP contribution in [0.1, 0.15) is 24.8 Å². The summed E-state index contributed by atoms with van der Waals surface area (Å²) in [7, 11) is 0. The van der Waals surface area contributed by atoms with Gasteiger partial charge in [-0.05, 0) is 53.1 Å². The van der Waals surface area contributed by atoms with Gasteiger partial charge in [-0.2, -0.15) is 0 Å². The molecule has 0 saturated heterocycles. The van der Waals surface area contributed by atoms with Gasteiger partial charge in [-0.1, -0.05) is 42.5 Å². The fourth-order valence-corrected chi connectivity index (χ4v) is 5.48. The average molecular weight is 542 g/mol. The highest BCUT2D eigenvalue weighted by Crippen LogP contribution is 2.43. The maximum Gasteiger partial charge on any atom is 0.320 e. The van der Waals surface area contributed by atoms with E-state index in [1.54, 1.807) is 6.07 Å². The van der Waals surface area contributed by atoms with Crippen molar-refractivity contribution in [2.24, 2.45) is 4.99 Å². The van der Waals surface area contributed by atoms with Gasteiger partial charge in [0.05, 0.1) is 16.3 Å². The fourth-order valence-electron chi connectivity index (χ4n) is 4.48. The second-order valence-corrected chi connectivity index (χ2v) is 10.3. The van der Waals surface area contributed by atoms with Crippen molar-refractivity contribution in [2.75, 3.05) is 5.73 Å². The second-order valence-electron chi connectivity index (χ2n) is 9.26. The number of aliphatic imine (C=N–C) groups is 1. The Morgan fingerprint density at radius 3 is 2.59 bits per heavy atom. The molecular weight excluding hydrogens is 520 g/mol. The number of nitrogens with two attached hydrogens (primary N) is 1. The summed E-state index contributed by atoms with van der Waals surface area (Å²) in [4.78, 5) is 9.42. The Bertz CT molecular complexity index is 1910. The minimum Gasteiger partial charge on any atom is -0.857 e. The number of aromatic nitrogens is 3. The summed E-state index contributed by atoms with van der Waals surface area (Å²) in [5.41, 5.74) is 8.51. The second kappa shape index (κ2) is 9.55. The molecule has 2 N–H and O–H groups in total. The Morgan fingerprint density at radius 2 is 1.82 bits per heavy atom. The van der Waals surface area contributed by atoms with Crippen LogP contribution in [0.25, 0.3) is 43.4 Å². The number of nitrogen functional groups attached to an aromatic ring is 1. The van der Waals surface area contributed by atoms with Crippen molar-refractivity contribution >= 4 is 49.8 Å². The van der Waals surface area contributed by atoms with Gasteiger partial charge in [0.25, 0.3) is 6.20 Å². The molecular formula is C29H21F2N5O2S. The zero-order chi connectivity index (χ0) is 27.3. The molecule has 0 aliphatic heterocycles. The number of hydrogen-bond donors (Lipinski definition) is 1. The molecule has 194 valence electrons. The SMILES string of the molecule is CC(C)[n+]1cc(/N=C(/[O-])c2sc3nc(-c4cccc5ccccc45)cc(-c4ccc(F)cc4F)c3c2N)on1. The largest absolute Gasteiger partial charge is 0.857 e. The van der Waals surface area contributed by atoms with Crippen LogP contribution in [0.5, 0.6) is 0 Å². The smallest absolute Gasteiger partial charge is 0.320 e. The van der Waals surface area contributed by atoms with Crippen LogP contribution >= 0.6 is 11.3 Å². The molecule has 3 heterocycles. The van der Waals surface area contributed by atoms with Gasteiger partial charge in [0.15, 0.2) is 6.04 Å². The van der Waals surface area contributed by atoms with Crippen LogP contribution in [0, 0.1) is 11.6 Å². The molecule has 0 aliphatic rings. The molecule has 3 aromatic heterocycles. The van der Waals surface area contributed by atoms with E-state index in [1.807, 2.05) is 56.3 Å². The number of fused-ring (bicyclic) bond motifs is 2. The monoisotopic (exact) mass is 541 g/mol. The molecule has 0 spiro atoms. The van der Waals surface area contributed by atoms with Crippen molar-refractivity contribution in [1.29, 1.82) is 0 Å². The minimum absolute atomic E-state index is 0.0204. The van der Waals surface area contributed by atoms with Crippen LogP contribution in [-0.2, 0) is 0 Å². The molecule has 0 fully saturated rings. The highest BCUT2D eigenvalue weighted by molar-refractivity contribution is 7.21. The number of pyridine rings is 1. The molecule has 0 saturated carbocycles. The van der Waals surface area contributed by atoms with Crippen molar-refractivity contribution in [2.45, 2.75) is 19.9 Å². The minimum atomic E-state index is -0.755. The first kappa shape index (κ1) is 24.6. The lowest BCUT2D eigenvalue weighted by Gasteiger charge is -2.12. The average Bonchev–Trinajstić information content (AvgIpc) is 3.52. The molecule has 39 heavy (non-hydrogen) atoms. The lowest BCUT2D eigenvalue weighted by molar-refractivity contribution is -0.779. The highest BCUT2D eigenvalue weighted by atomic mass is 32.1. The Kier molecular flexibility index (Phi) is 6.03. The van der Waals surface area contributed by atoms with Crippen molar-refractivity contribution < 1.29 is 23.1 Å². The van der Waals surface area contributed by atoms with Crippen LogP contribution in [0.3, 0.4) is 0 Å². The topological polar surface area (TPSA) is 104 Å². The van der Waals surface area contributed by atoms with E-state index in [4.69, 9.17) is 15.2 Å². The maximum atomic E-state index is 15.1. The van der Waals surface area contributed by atoms with Gasteiger partial charge in [0, 0.05) is 28.5 Å². The highest BCUT2D eigenvalue weighted by Gasteiger charge is 2.21. The molecule has 10 heteroatoms. The van der Waals surface area contributed by atoms with E-state index < -0.39 is 17.5 Å². The van der Waals surface area contributed by atoms with Crippen LogP contribution in [0.2, 0.25) is 0 Å².